The van der Waals surface area contributed by atoms with E-state index in [1.807, 2.05) is 6.07 Å². The van der Waals surface area contributed by atoms with E-state index in [9.17, 15) is 4.79 Å². The van der Waals surface area contributed by atoms with Crippen LogP contribution < -0.4 is 0 Å². The van der Waals surface area contributed by atoms with Gasteiger partial charge in [-0.2, -0.15) is 0 Å². The van der Waals surface area contributed by atoms with Crippen molar-refractivity contribution in [3.63, 3.8) is 0 Å². The summed E-state index contributed by atoms with van der Waals surface area (Å²) < 4.78 is 6.44. The summed E-state index contributed by atoms with van der Waals surface area (Å²) >= 11 is 7.32. The number of thiophene rings is 1. The summed E-state index contributed by atoms with van der Waals surface area (Å²) in [5.41, 5.74) is 0. The number of morpholine rings is 1. The quantitative estimate of drug-likeness (QED) is 0.773. The Balaban J connectivity index is 2.15. The second-order valence-corrected chi connectivity index (χ2v) is 7.20. The SMILES string of the molecule is CCCC(C(=O)c1ccc(Cl)s1)N1CC(C)OC(C)C1. The van der Waals surface area contributed by atoms with Crippen molar-refractivity contribution in [1.29, 1.82) is 0 Å². The van der Waals surface area contributed by atoms with Gasteiger partial charge in [-0.25, -0.2) is 0 Å². The van der Waals surface area contributed by atoms with E-state index < -0.39 is 0 Å². The Hall–Kier alpha value is -0.420. The van der Waals surface area contributed by atoms with Gasteiger partial charge in [0.2, 0.25) is 0 Å². The smallest absolute Gasteiger partial charge is 0.189 e. The summed E-state index contributed by atoms with van der Waals surface area (Å²) in [6.45, 7) is 7.89. The van der Waals surface area contributed by atoms with Crippen LogP contribution in [0.15, 0.2) is 12.1 Å². The van der Waals surface area contributed by atoms with Crippen molar-refractivity contribution < 1.29 is 9.53 Å². The van der Waals surface area contributed by atoms with Crippen LogP contribution in [0.5, 0.6) is 0 Å². The van der Waals surface area contributed by atoms with E-state index in [2.05, 4.69) is 25.7 Å². The molecule has 0 amide bonds. The van der Waals surface area contributed by atoms with E-state index >= 15 is 0 Å². The second-order valence-electron chi connectivity index (χ2n) is 5.48. The summed E-state index contributed by atoms with van der Waals surface area (Å²) in [6.07, 6.45) is 2.24. The van der Waals surface area contributed by atoms with Gasteiger partial charge in [0.15, 0.2) is 5.78 Å². The third kappa shape index (κ3) is 3.82. The summed E-state index contributed by atoms with van der Waals surface area (Å²) in [5.74, 6) is 0.199. The van der Waals surface area contributed by atoms with E-state index in [1.165, 1.54) is 11.3 Å². The Labute approximate surface area is 129 Å². The lowest BCUT2D eigenvalue weighted by Crippen LogP contribution is -2.52. The Morgan fingerprint density at radius 2 is 2.10 bits per heavy atom. The van der Waals surface area contributed by atoms with Crippen LogP contribution in [0.4, 0.5) is 0 Å². The number of hydrogen-bond donors (Lipinski definition) is 0. The standard InChI is InChI=1S/C15H22ClNO2S/c1-4-5-12(15(18)13-6-7-14(16)20-13)17-8-10(2)19-11(3)9-17/h6-7,10-12H,4-5,8-9H2,1-3H3. The lowest BCUT2D eigenvalue weighted by Gasteiger charge is -2.39. The topological polar surface area (TPSA) is 29.5 Å². The van der Waals surface area contributed by atoms with Gasteiger partial charge in [-0.1, -0.05) is 24.9 Å². The minimum absolute atomic E-state index is 0.0523. The van der Waals surface area contributed by atoms with Crippen molar-refractivity contribution in [3.8, 4) is 0 Å². The summed E-state index contributed by atoms with van der Waals surface area (Å²) in [5, 5.41) is 0. The summed E-state index contributed by atoms with van der Waals surface area (Å²) in [4.78, 5) is 15.8. The average molecular weight is 316 g/mol. The van der Waals surface area contributed by atoms with Crippen molar-refractivity contribution in [3.05, 3.63) is 21.3 Å². The molecule has 0 aromatic carbocycles. The number of halogens is 1. The first kappa shape index (κ1) is 16.0. The zero-order valence-electron chi connectivity index (χ0n) is 12.3. The van der Waals surface area contributed by atoms with E-state index in [-0.39, 0.29) is 24.0 Å². The predicted octanol–water partition coefficient (Wildman–Crippen LogP) is 3.86. The third-order valence-electron chi connectivity index (χ3n) is 3.57. The highest BCUT2D eigenvalue weighted by molar-refractivity contribution is 7.18. The number of rotatable bonds is 5. The van der Waals surface area contributed by atoms with Gasteiger partial charge >= 0.3 is 0 Å². The highest BCUT2D eigenvalue weighted by atomic mass is 35.5. The van der Waals surface area contributed by atoms with Gasteiger partial charge < -0.3 is 4.74 Å². The van der Waals surface area contributed by atoms with Gasteiger partial charge in [-0.15, -0.1) is 11.3 Å². The Morgan fingerprint density at radius 1 is 1.45 bits per heavy atom. The fourth-order valence-corrected chi connectivity index (χ4v) is 3.87. The molecule has 2 rings (SSSR count). The van der Waals surface area contributed by atoms with Crippen molar-refractivity contribution in [1.82, 2.24) is 4.90 Å². The minimum Gasteiger partial charge on any atom is -0.373 e. The van der Waals surface area contributed by atoms with Crippen LogP contribution in [-0.4, -0.2) is 42.0 Å². The van der Waals surface area contributed by atoms with Gasteiger partial charge in [0.25, 0.3) is 0 Å². The largest absolute Gasteiger partial charge is 0.373 e. The normalized spacial score (nSPS) is 25.6. The number of nitrogens with zero attached hydrogens (tertiary/aromatic N) is 1. The molecular formula is C15H22ClNO2S. The fraction of sp³-hybridized carbons (Fsp3) is 0.667. The molecule has 1 saturated heterocycles. The van der Waals surface area contributed by atoms with Gasteiger partial charge in [0.05, 0.1) is 27.5 Å². The molecule has 20 heavy (non-hydrogen) atoms. The minimum atomic E-state index is -0.0523. The van der Waals surface area contributed by atoms with Crippen molar-refractivity contribution in [2.24, 2.45) is 0 Å². The number of ether oxygens (including phenoxy) is 1. The van der Waals surface area contributed by atoms with Gasteiger partial charge in [-0.05, 0) is 32.4 Å². The van der Waals surface area contributed by atoms with Crippen LogP contribution in [0.25, 0.3) is 0 Å². The average Bonchev–Trinajstić information content (AvgIpc) is 2.80. The number of hydrogen-bond acceptors (Lipinski definition) is 4. The number of ketones is 1. The van der Waals surface area contributed by atoms with Gasteiger partial charge in [0.1, 0.15) is 0 Å². The van der Waals surface area contributed by atoms with E-state index in [0.717, 1.165) is 30.8 Å². The van der Waals surface area contributed by atoms with Crippen LogP contribution >= 0.6 is 22.9 Å². The maximum Gasteiger partial charge on any atom is 0.189 e. The van der Waals surface area contributed by atoms with Gasteiger partial charge in [-0.3, -0.25) is 9.69 Å². The summed E-state index contributed by atoms with van der Waals surface area (Å²) in [7, 11) is 0. The molecule has 0 aliphatic carbocycles. The first-order chi connectivity index (χ1) is 9.51. The number of carbonyl (C=O) groups is 1. The van der Waals surface area contributed by atoms with Crippen molar-refractivity contribution in [2.45, 2.75) is 51.9 Å². The molecule has 3 atom stereocenters. The fourth-order valence-electron chi connectivity index (χ4n) is 2.84. The van der Waals surface area contributed by atoms with E-state index in [0.29, 0.717) is 4.34 Å². The zero-order valence-corrected chi connectivity index (χ0v) is 13.8. The van der Waals surface area contributed by atoms with E-state index in [4.69, 9.17) is 16.3 Å². The highest BCUT2D eigenvalue weighted by Gasteiger charge is 2.32. The molecule has 1 aromatic rings. The number of Topliss-reactive ketones (excluding diaryl/α,β-unsaturated/α-hetero) is 1. The Kier molecular flexibility index (Phi) is 5.61. The Bertz CT molecular complexity index is 452. The molecule has 3 unspecified atom stereocenters. The Morgan fingerprint density at radius 3 is 2.60 bits per heavy atom. The maximum absolute atomic E-state index is 12.7. The first-order valence-corrected chi connectivity index (χ1v) is 8.39. The molecule has 0 saturated carbocycles. The van der Waals surface area contributed by atoms with Crippen molar-refractivity contribution >= 4 is 28.7 Å². The zero-order chi connectivity index (χ0) is 14.7. The summed E-state index contributed by atoms with van der Waals surface area (Å²) in [6, 6.07) is 3.58. The molecule has 112 valence electrons. The highest BCUT2D eigenvalue weighted by Crippen LogP contribution is 2.26. The lowest BCUT2D eigenvalue weighted by molar-refractivity contribution is -0.0768. The lowest BCUT2D eigenvalue weighted by atomic mass is 10.0. The molecule has 1 fully saturated rings. The molecule has 3 nitrogen and oxygen atoms in total. The van der Waals surface area contributed by atoms with Crippen LogP contribution in [0, 0.1) is 0 Å². The van der Waals surface area contributed by atoms with Crippen LogP contribution in [0.2, 0.25) is 4.34 Å². The van der Waals surface area contributed by atoms with Crippen LogP contribution in [-0.2, 0) is 4.74 Å². The molecule has 0 radical (unpaired) electrons. The molecule has 0 bridgehead atoms. The number of carbonyl (C=O) groups excluding carboxylic acids is 1. The van der Waals surface area contributed by atoms with E-state index in [1.54, 1.807) is 6.07 Å². The molecule has 0 spiro atoms. The van der Waals surface area contributed by atoms with Crippen LogP contribution in [0.1, 0.15) is 43.3 Å². The predicted molar refractivity (Wildman–Crippen MR) is 83.9 cm³/mol. The molecule has 1 aliphatic rings. The maximum atomic E-state index is 12.7. The van der Waals surface area contributed by atoms with Crippen molar-refractivity contribution in [2.75, 3.05) is 13.1 Å². The van der Waals surface area contributed by atoms with Gasteiger partial charge in [0, 0.05) is 13.1 Å². The first-order valence-electron chi connectivity index (χ1n) is 7.20. The monoisotopic (exact) mass is 315 g/mol. The molecule has 5 heteroatoms. The van der Waals surface area contributed by atoms with Crippen LogP contribution in [0.3, 0.4) is 0 Å². The molecule has 1 aliphatic heterocycles. The second kappa shape index (κ2) is 7.03. The molecule has 2 heterocycles. The molecule has 0 N–H and O–H groups in total. The third-order valence-corrected chi connectivity index (χ3v) is 4.82. The molecule has 1 aromatic heterocycles. The molecular weight excluding hydrogens is 294 g/mol.